The van der Waals surface area contributed by atoms with Crippen LogP contribution in [0.1, 0.15) is 0 Å². The van der Waals surface area contributed by atoms with Gasteiger partial charge >= 0.3 is 0 Å². The number of fused-ring (bicyclic) bond motifs is 3. The van der Waals surface area contributed by atoms with Crippen LogP contribution in [-0.4, -0.2) is 9.55 Å². The van der Waals surface area contributed by atoms with Crippen molar-refractivity contribution in [2.24, 2.45) is 0 Å². The van der Waals surface area contributed by atoms with E-state index in [0.29, 0.717) is 0 Å². The van der Waals surface area contributed by atoms with Gasteiger partial charge in [0, 0.05) is 27.2 Å². The van der Waals surface area contributed by atoms with E-state index >= 15 is 4.57 Å². The van der Waals surface area contributed by atoms with Gasteiger partial charge in [-0.2, -0.15) is 0 Å². The van der Waals surface area contributed by atoms with E-state index in [1.165, 1.54) is 0 Å². The van der Waals surface area contributed by atoms with E-state index in [4.69, 9.17) is 4.98 Å². The van der Waals surface area contributed by atoms with Crippen LogP contribution in [0.3, 0.4) is 0 Å². The maximum Gasteiger partial charge on any atom is 0.172 e. The molecular formula is C39H27N2OP. The summed E-state index contributed by atoms with van der Waals surface area (Å²) in [6.07, 6.45) is 0. The standard InChI is InChI=1S/C39H27N2OP/c42-43(37-22-10-14-28-12-4-6-18-33(28)37,38-23-11-15-29-13-5-7-19-34(29)38)32-26-24-30(25-27-32)39-40-35-20-8-9-21-36(35)41(39)31-16-2-1-3-17-31/h1-27H. The van der Waals surface area contributed by atoms with Gasteiger partial charge in [-0.1, -0.05) is 140 Å². The molecule has 43 heavy (non-hydrogen) atoms. The average molecular weight is 571 g/mol. The van der Waals surface area contributed by atoms with Crippen molar-refractivity contribution in [3.63, 3.8) is 0 Å². The van der Waals surface area contributed by atoms with Gasteiger partial charge in [0.2, 0.25) is 0 Å². The first-order valence-electron chi connectivity index (χ1n) is 14.4. The topological polar surface area (TPSA) is 34.9 Å². The van der Waals surface area contributed by atoms with Crippen molar-refractivity contribution in [3.8, 4) is 17.1 Å². The summed E-state index contributed by atoms with van der Waals surface area (Å²) in [7, 11) is -3.30. The molecule has 204 valence electrons. The van der Waals surface area contributed by atoms with E-state index in [9.17, 15) is 0 Å². The predicted octanol–water partition coefficient (Wildman–Crippen LogP) is 8.64. The molecule has 1 heterocycles. The van der Waals surface area contributed by atoms with E-state index in [1.807, 2.05) is 97.1 Å². The Hall–Kier alpha value is -5.24. The molecule has 0 saturated heterocycles. The van der Waals surface area contributed by atoms with Gasteiger partial charge in [-0.25, -0.2) is 4.98 Å². The van der Waals surface area contributed by atoms with Crippen LogP contribution in [0.5, 0.6) is 0 Å². The lowest BCUT2D eigenvalue weighted by atomic mass is 10.1. The van der Waals surface area contributed by atoms with Gasteiger partial charge in [0.15, 0.2) is 7.14 Å². The van der Waals surface area contributed by atoms with Gasteiger partial charge in [0.25, 0.3) is 0 Å². The third-order valence-corrected chi connectivity index (χ3v) is 11.4. The molecule has 0 unspecified atom stereocenters. The van der Waals surface area contributed by atoms with Crippen molar-refractivity contribution in [3.05, 3.63) is 164 Å². The molecule has 8 rings (SSSR count). The molecule has 0 spiro atoms. The Morgan fingerprint density at radius 3 is 1.67 bits per heavy atom. The molecule has 0 aliphatic heterocycles. The molecule has 0 amide bonds. The quantitative estimate of drug-likeness (QED) is 0.194. The lowest BCUT2D eigenvalue weighted by molar-refractivity contribution is 0.593. The minimum Gasteiger partial charge on any atom is -0.309 e. The van der Waals surface area contributed by atoms with Crippen molar-refractivity contribution in [1.82, 2.24) is 9.55 Å². The zero-order valence-electron chi connectivity index (χ0n) is 23.3. The van der Waals surface area contributed by atoms with Gasteiger partial charge in [-0.15, -0.1) is 0 Å². The van der Waals surface area contributed by atoms with Crippen LogP contribution < -0.4 is 15.9 Å². The molecular weight excluding hydrogens is 543 g/mol. The number of hydrogen-bond donors (Lipinski definition) is 0. The highest BCUT2D eigenvalue weighted by atomic mass is 31.2. The van der Waals surface area contributed by atoms with Crippen LogP contribution in [0.25, 0.3) is 49.7 Å². The maximum absolute atomic E-state index is 15.9. The first-order chi connectivity index (χ1) is 21.2. The van der Waals surface area contributed by atoms with Crippen molar-refractivity contribution < 1.29 is 4.57 Å². The Labute approximate surface area is 250 Å². The second kappa shape index (κ2) is 10.2. The van der Waals surface area contributed by atoms with E-state index in [1.54, 1.807) is 0 Å². The second-order valence-corrected chi connectivity index (χ2v) is 13.4. The molecule has 8 aromatic rings. The highest BCUT2D eigenvalue weighted by molar-refractivity contribution is 7.86. The first-order valence-corrected chi connectivity index (χ1v) is 16.1. The van der Waals surface area contributed by atoms with E-state index in [-0.39, 0.29) is 0 Å². The van der Waals surface area contributed by atoms with Crippen molar-refractivity contribution in [1.29, 1.82) is 0 Å². The van der Waals surface area contributed by atoms with E-state index < -0.39 is 7.14 Å². The molecule has 0 aliphatic rings. The minimum absolute atomic E-state index is 0.798. The van der Waals surface area contributed by atoms with Crippen LogP contribution in [0, 0.1) is 0 Å². The fraction of sp³-hybridized carbons (Fsp3) is 0. The Balaban J connectivity index is 1.36. The molecule has 0 aliphatic carbocycles. The van der Waals surface area contributed by atoms with Crippen molar-refractivity contribution in [2.45, 2.75) is 0 Å². The smallest absolute Gasteiger partial charge is 0.172 e. The fourth-order valence-electron chi connectivity index (χ4n) is 6.25. The molecule has 0 N–H and O–H groups in total. The minimum atomic E-state index is -3.30. The zero-order chi connectivity index (χ0) is 28.8. The number of benzene rings is 7. The Morgan fingerprint density at radius 2 is 1.02 bits per heavy atom. The van der Waals surface area contributed by atoms with E-state index in [2.05, 4.69) is 71.3 Å². The maximum atomic E-state index is 15.9. The second-order valence-electron chi connectivity index (χ2n) is 10.7. The third kappa shape index (κ3) is 4.13. The summed E-state index contributed by atoms with van der Waals surface area (Å²) >= 11 is 0. The summed E-state index contributed by atoms with van der Waals surface area (Å²) < 4.78 is 18.1. The molecule has 0 atom stereocenters. The van der Waals surface area contributed by atoms with E-state index in [0.717, 1.165) is 65.6 Å². The Bertz CT molecular complexity index is 2230. The lowest BCUT2D eigenvalue weighted by Crippen LogP contribution is -2.26. The number of nitrogens with zero attached hydrogens (tertiary/aromatic N) is 2. The number of aromatic nitrogens is 2. The molecule has 0 fully saturated rings. The van der Waals surface area contributed by atoms with Gasteiger partial charge < -0.3 is 4.57 Å². The summed E-state index contributed by atoms with van der Waals surface area (Å²) in [5, 5.41) is 6.68. The van der Waals surface area contributed by atoms with Crippen LogP contribution in [0.4, 0.5) is 0 Å². The largest absolute Gasteiger partial charge is 0.309 e. The number of imidazole rings is 1. The average Bonchev–Trinajstić information content (AvgIpc) is 3.48. The molecule has 7 aromatic carbocycles. The van der Waals surface area contributed by atoms with Gasteiger partial charge in [-0.05, 0) is 45.8 Å². The fourth-order valence-corrected chi connectivity index (χ4v) is 9.31. The van der Waals surface area contributed by atoms with Crippen molar-refractivity contribution in [2.75, 3.05) is 0 Å². The van der Waals surface area contributed by atoms with Gasteiger partial charge in [-0.3, -0.25) is 4.57 Å². The lowest BCUT2D eigenvalue weighted by Gasteiger charge is -2.23. The van der Waals surface area contributed by atoms with Gasteiger partial charge in [0.1, 0.15) is 5.82 Å². The van der Waals surface area contributed by atoms with Crippen LogP contribution in [0.2, 0.25) is 0 Å². The van der Waals surface area contributed by atoms with Crippen LogP contribution in [-0.2, 0) is 4.57 Å². The summed E-state index contributed by atoms with van der Waals surface area (Å²) in [5.41, 5.74) is 3.99. The molecule has 1 aromatic heterocycles. The van der Waals surface area contributed by atoms with Crippen LogP contribution >= 0.6 is 7.14 Å². The first kappa shape index (κ1) is 25.5. The van der Waals surface area contributed by atoms with Crippen LogP contribution in [0.15, 0.2) is 164 Å². The Morgan fingerprint density at radius 1 is 0.488 bits per heavy atom. The molecule has 3 nitrogen and oxygen atoms in total. The summed E-state index contributed by atoms with van der Waals surface area (Å²) in [6.45, 7) is 0. The number of hydrogen-bond acceptors (Lipinski definition) is 2. The monoisotopic (exact) mass is 570 g/mol. The molecule has 0 saturated carbocycles. The summed E-state index contributed by atoms with van der Waals surface area (Å²) in [6, 6.07) is 55.4. The Kier molecular flexibility index (Phi) is 6.06. The highest BCUT2D eigenvalue weighted by Gasteiger charge is 2.33. The third-order valence-electron chi connectivity index (χ3n) is 8.28. The highest BCUT2D eigenvalue weighted by Crippen LogP contribution is 2.46. The molecule has 4 heteroatoms. The van der Waals surface area contributed by atoms with Gasteiger partial charge in [0.05, 0.1) is 11.0 Å². The molecule has 0 bridgehead atoms. The summed E-state index contributed by atoms with van der Waals surface area (Å²) in [4.78, 5) is 5.04. The molecule has 0 radical (unpaired) electrons. The van der Waals surface area contributed by atoms with Crippen molar-refractivity contribution >= 4 is 55.6 Å². The summed E-state index contributed by atoms with van der Waals surface area (Å²) in [5.74, 6) is 0.851. The number of para-hydroxylation sites is 3. The number of rotatable bonds is 5. The zero-order valence-corrected chi connectivity index (χ0v) is 24.2. The SMILES string of the molecule is O=P(c1ccc(-c2nc3ccccc3n2-c2ccccc2)cc1)(c1cccc2ccccc12)c1cccc2ccccc12. The predicted molar refractivity (Wildman–Crippen MR) is 181 cm³/mol. The normalized spacial score (nSPS) is 11.8.